The molecule has 0 aliphatic carbocycles. The fourth-order valence-corrected chi connectivity index (χ4v) is 5.52. The molecule has 0 amide bonds. The van der Waals surface area contributed by atoms with Crippen molar-refractivity contribution in [2.24, 2.45) is 0 Å². The summed E-state index contributed by atoms with van der Waals surface area (Å²) in [6, 6.07) is 35.0. The van der Waals surface area contributed by atoms with Crippen molar-refractivity contribution in [1.82, 2.24) is 18.8 Å². The maximum atomic E-state index is 13.0. The lowest BCUT2D eigenvalue weighted by atomic mass is 10.0. The van der Waals surface area contributed by atoms with Crippen molar-refractivity contribution in [3.63, 3.8) is 0 Å². The smallest absolute Gasteiger partial charge is 0.308 e. The van der Waals surface area contributed by atoms with Crippen LogP contribution in [0, 0.1) is 0 Å². The highest BCUT2D eigenvalue weighted by atomic mass is 16.1. The van der Waals surface area contributed by atoms with Crippen LogP contribution in [-0.2, 0) is 0 Å². The number of hydrogen-bond acceptors (Lipinski definition) is 3. The van der Waals surface area contributed by atoms with E-state index < -0.39 is 0 Å². The van der Waals surface area contributed by atoms with Gasteiger partial charge in [0.2, 0.25) is 0 Å². The van der Waals surface area contributed by atoms with Crippen LogP contribution in [-0.4, -0.2) is 18.8 Å². The molecule has 5 heteroatoms. The first-order chi connectivity index (χ1) is 17.8. The summed E-state index contributed by atoms with van der Waals surface area (Å²) in [5, 5.41) is 4.85. The molecule has 36 heavy (non-hydrogen) atoms. The molecule has 8 aromatic rings. The average molecular weight is 463 g/mol. The van der Waals surface area contributed by atoms with Crippen molar-refractivity contribution in [2.45, 2.75) is 0 Å². The fraction of sp³-hybridized carbons (Fsp3) is 0. The maximum absolute atomic E-state index is 13.0. The molecular formula is C31H18N4O. The molecule has 4 heterocycles. The zero-order valence-corrected chi connectivity index (χ0v) is 19.1. The number of aromatic nitrogens is 4. The molecule has 0 bridgehead atoms. The molecule has 0 radical (unpaired) electrons. The van der Waals surface area contributed by atoms with E-state index in [1.54, 1.807) is 0 Å². The Bertz CT molecular complexity index is 2090. The van der Waals surface area contributed by atoms with Gasteiger partial charge < -0.3 is 4.40 Å². The summed E-state index contributed by atoms with van der Waals surface area (Å²) in [6.07, 6.45) is 1.85. The molecule has 0 unspecified atom stereocenters. The van der Waals surface area contributed by atoms with E-state index in [-0.39, 0.29) is 5.69 Å². The topological polar surface area (TPSA) is 51.7 Å². The summed E-state index contributed by atoms with van der Waals surface area (Å²) in [6.45, 7) is 0. The Morgan fingerprint density at radius 2 is 1.19 bits per heavy atom. The van der Waals surface area contributed by atoms with Gasteiger partial charge in [0.25, 0.3) is 0 Å². The minimum Gasteiger partial charge on any atom is -0.308 e. The monoisotopic (exact) mass is 462 g/mol. The third-order valence-electron chi connectivity index (χ3n) is 7.12. The quantitative estimate of drug-likeness (QED) is 0.292. The van der Waals surface area contributed by atoms with Gasteiger partial charge >= 0.3 is 5.69 Å². The molecule has 0 fully saturated rings. The number of para-hydroxylation sites is 2. The van der Waals surface area contributed by atoms with Gasteiger partial charge in [-0.2, -0.15) is 4.98 Å². The van der Waals surface area contributed by atoms with Crippen LogP contribution in [0.3, 0.4) is 0 Å². The van der Waals surface area contributed by atoms with Crippen LogP contribution in [0.15, 0.2) is 114 Å². The SMILES string of the molecule is O=c1nc(-c2ccccc2)nc2ccc(-c3cc4c5ccccc5n5c6ccccc6c(c3)c45)cn12. The van der Waals surface area contributed by atoms with Gasteiger partial charge in [0, 0.05) is 33.3 Å². The summed E-state index contributed by atoms with van der Waals surface area (Å²) in [5.74, 6) is 0.437. The van der Waals surface area contributed by atoms with E-state index in [4.69, 9.17) is 0 Å². The van der Waals surface area contributed by atoms with E-state index in [2.05, 4.69) is 75.0 Å². The minimum absolute atomic E-state index is 0.340. The number of benzene rings is 4. The Morgan fingerprint density at radius 1 is 0.556 bits per heavy atom. The van der Waals surface area contributed by atoms with E-state index in [0.29, 0.717) is 11.5 Å². The fourth-order valence-electron chi connectivity index (χ4n) is 5.52. The summed E-state index contributed by atoms with van der Waals surface area (Å²) in [4.78, 5) is 21.9. The van der Waals surface area contributed by atoms with Crippen molar-refractivity contribution in [3.8, 4) is 22.5 Å². The number of hydrogen-bond donors (Lipinski definition) is 0. The number of nitrogens with zero attached hydrogens (tertiary/aromatic N) is 4. The van der Waals surface area contributed by atoms with Crippen molar-refractivity contribution in [1.29, 1.82) is 0 Å². The largest absolute Gasteiger partial charge is 0.355 e. The van der Waals surface area contributed by atoms with Crippen molar-refractivity contribution < 1.29 is 0 Å². The van der Waals surface area contributed by atoms with Gasteiger partial charge in [-0.25, -0.2) is 9.78 Å². The van der Waals surface area contributed by atoms with Crippen LogP contribution >= 0.6 is 0 Å². The highest BCUT2D eigenvalue weighted by Gasteiger charge is 2.18. The van der Waals surface area contributed by atoms with E-state index in [0.717, 1.165) is 16.7 Å². The molecule has 0 spiro atoms. The first-order valence-electron chi connectivity index (χ1n) is 11.9. The molecule has 4 aromatic carbocycles. The molecule has 0 aliphatic rings. The zero-order chi connectivity index (χ0) is 23.8. The van der Waals surface area contributed by atoms with Crippen LogP contribution in [0.1, 0.15) is 0 Å². The van der Waals surface area contributed by atoms with Gasteiger partial charge in [0.05, 0.1) is 16.6 Å². The highest BCUT2D eigenvalue weighted by molar-refractivity contribution is 6.24. The van der Waals surface area contributed by atoms with Gasteiger partial charge in [0.1, 0.15) is 5.65 Å². The predicted octanol–water partition coefficient (Wildman–Crippen LogP) is 6.57. The van der Waals surface area contributed by atoms with Crippen LogP contribution < -0.4 is 5.69 Å². The molecule has 8 rings (SSSR count). The minimum atomic E-state index is -0.340. The number of rotatable bonds is 2. The van der Waals surface area contributed by atoms with Crippen LogP contribution in [0.5, 0.6) is 0 Å². The Kier molecular flexibility index (Phi) is 3.75. The first kappa shape index (κ1) is 19.3. The summed E-state index contributed by atoms with van der Waals surface area (Å²) in [5.41, 5.74) is 6.69. The molecule has 0 N–H and O–H groups in total. The Hall–Kier alpha value is -5.03. The normalized spacial score (nSPS) is 12.0. The highest BCUT2D eigenvalue weighted by Crippen LogP contribution is 2.41. The summed E-state index contributed by atoms with van der Waals surface area (Å²) in [7, 11) is 0. The van der Waals surface area contributed by atoms with Gasteiger partial charge in [-0.3, -0.25) is 4.40 Å². The second-order valence-electron chi connectivity index (χ2n) is 9.13. The summed E-state index contributed by atoms with van der Waals surface area (Å²) < 4.78 is 3.89. The molecular weight excluding hydrogens is 444 g/mol. The van der Waals surface area contributed by atoms with E-state index in [9.17, 15) is 4.79 Å². The van der Waals surface area contributed by atoms with Gasteiger partial charge in [-0.1, -0.05) is 66.7 Å². The molecule has 0 atom stereocenters. The Labute approximate surface area is 204 Å². The number of fused-ring (bicyclic) bond motifs is 7. The van der Waals surface area contributed by atoms with Crippen LogP contribution in [0.25, 0.3) is 66.3 Å². The molecule has 0 aliphatic heterocycles. The molecule has 0 saturated heterocycles. The van der Waals surface area contributed by atoms with Gasteiger partial charge in [0.15, 0.2) is 5.82 Å². The number of pyridine rings is 1. The van der Waals surface area contributed by atoms with Crippen LogP contribution in [0.4, 0.5) is 0 Å². The van der Waals surface area contributed by atoms with Crippen molar-refractivity contribution in [3.05, 3.63) is 120 Å². The van der Waals surface area contributed by atoms with Crippen molar-refractivity contribution in [2.75, 3.05) is 0 Å². The molecule has 5 nitrogen and oxygen atoms in total. The Morgan fingerprint density at radius 3 is 1.89 bits per heavy atom. The lowest BCUT2D eigenvalue weighted by molar-refractivity contribution is 0.949. The van der Waals surface area contributed by atoms with Gasteiger partial charge in [-0.15, -0.1) is 0 Å². The third kappa shape index (κ3) is 2.57. The summed E-state index contributed by atoms with van der Waals surface area (Å²) >= 11 is 0. The lowest BCUT2D eigenvalue weighted by Gasteiger charge is -2.08. The molecule has 0 saturated carbocycles. The van der Waals surface area contributed by atoms with E-state index >= 15 is 0 Å². The van der Waals surface area contributed by atoms with Crippen LogP contribution in [0.2, 0.25) is 0 Å². The third-order valence-corrected chi connectivity index (χ3v) is 7.12. The zero-order valence-electron chi connectivity index (χ0n) is 19.1. The van der Waals surface area contributed by atoms with Crippen molar-refractivity contribution >= 4 is 43.7 Å². The standard InChI is InChI=1S/C31H18N4O/c36-31-33-30(19-8-2-1-3-9-19)32-28-15-14-20(18-34(28)31)21-16-24-22-10-4-6-12-26(22)35-27-13-7-5-11-23(27)25(17-21)29(24)35/h1-18H. The first-order valence-corrected chi connectivity index (χ1v) is 11.9. The molecule has 4 aromatic heterocycles. The van der Waals surface area contributed by atoms with E-state index in [1.165, 1.54) is 42.5 Å². The Balaban J connectivity index is 1.40. The second-order valence-corrected chi connectivity index (χ2v) is 9.13. The lowest BCUT2D eigenvalue weighted by Crippen LogP contribution is -2.19. The molecule has 168 valence electrons. The predicted molar refractivity (Wildman–Crippen MR) is 145 cm³/mol. The van der Waals surface area contributed by atoms with E-state index in [1.807, 2.05) is 48.7 Å². The maximum Gasteiger partial charge on any atom is 0.355 e. The van der Waals surface area contributed by atoms with Gasteiger partial charge in [-0.05, 0) is 47.5 Å². The second kappa shape index (κ2) is 6.99. The average Bonchev–Trinajstić information content (AvgIpc) is 3.45.